The summed E-state index contributed by atoms with van der Waals surface area (Å²) in [7, 11) is 0. The number of hydrogen-bond acceptors (Lipinski definition) is 4. The topological polar surface area (TPSA) is 16.4 Å². The summed E-state index contributed by atoms with van der Waals surface area (Å²) in [4.78, 5) is 2.36. The van der Waals surface area contributed by atoms with E-state index in [-0.39, 0.29) is 0 Å². The van der Waals surface area contributed by atoms with Crippen molar-refractivity contribution in [3.05, 3.63) is 140 Å². The Bertz CT molecular complexity index is 2430. The molecule has 9 rings (SSSR count). The molecule has 3 heterocycles. The number of benzene rings is 6. The van der Waals surface area contributed by atoms with Crippen LogP contribution in [0.3, 0.4) is 0 Å². The molecule has 0 saturated carbocycles. The van der Waals surface area contributed by atoms with E-state index in [1.165, 1.54) is 51.5 Å². The minimum absolute atomic E-state index is 0.951. The van der Waals surface area contributed by atoms with Crippen LogP contribution in [0.25, 0.3) is 62.6 Å². The van der Waals surface area contributed by atoms with Crippen LogP contribution in [0.2, 0.25) is 0 Å². The van der Waals surface area contributed by atoms with Crippen molar-refractivity contribution in [3.8, 4) is 11.1 Å². The second kappa shape index (κ2) is 9.31. The third kappa shape index (κ3) is 3.69. The Morgan fingerprint density at radius 1 is 0.429 bits per heavy atom. The van der Waals surface area contributed by atoms with Crippen LogP contribution >= 0.6 is 22.7 Å². The molecule has 2 nitrogen and oxygen atoms in total. The highest BCUT2D eigenvalue weighted by atomic mass is 32.1. The molecule has 42 heavy (non-hydrogen) atoms. The van der Waals surface area contributed by atoms with Gasteiger partial charge in [0.1, 0.15) is 5.58 Å². The van der Waals surface area contributed by atoms with Gasteiger partial charge in [0.2, 0.25) is 0 Å². The van der Waals surface area contributed by atoms with Crippen molar-refractivity contribution in [1.82, 2.24) is 0 Å². The lowest BCUT2D eigenvalue weighted by molar-refractivity contribution is 0.673. The maximum Gasteiger partial charge on any atom is 0.154 e. The van der Waals surface area contributed by atoms with Crippen LogP contribution in [0, 0.1) is 0 Å². The molecule has 0 saturated heterocycles. The van der Waals surface area contributed by atoms with Gasteiger partial charge in [0, 0.05) is 52.7 Å². The molecule has 4 heteroatoms. The van der Waals surface area contributed by atoms with Crippen molar-refractivity contribution >= 4 is 91.2 Å². The predicted octanol–water partition coefficient (Wildman–Crippen LogP) is 12.3. The molecule has 0 fully saturated rings. The summed E-state index contributed by atoms with van der Waals surface area (Å²) in [5.74, 6) is 0. The first-order valence-corrected chi connectivity index (χ1v) is 15.6. The molecule has 3 aromatic heterocycles. The van der Waals surface area contributed by atoms with Gasteiger partial charge in [-0.25, -0.2) is 0 Å². The first-order valence-electron chi connectivity index (χ1n) is 14.0. The largest absolute Gasteiger partial charge is 0.454 e. The third-order valence-electron chi connectivity index (χ3n) is 8.06. The van der Waals surface area contributed by atoms with Crippen LogP contribution in [0.5, 0.6) is 0 Å². The van der Waals surface area contributed by atoms with Gasteiger partial charge in [-0.15, -0.1) is 22.7 Å². The zero-order chi connectivity index (χ0) is 27.6. The van der Waals surface area contributed by atoms with E-state index in [0.717, 1.165) is 28.2 Å². The molecule has 0 unspecified atom stereocenters. The first kappa shape index (κ1) is 23.8. The number of thiophene rings is 2. The highest BCUT2D eigenvalue weighted by molar-refractivity contribution is 7.26. The van der Waals surface area contributed by atoms with Crippen LogP contribution in [0.4, 0.5) is 17.1 Å². The quantitative estimate of drug-likeness (QED) is 0.208. The van der Waals surface area contributed by atoms with Gasteiger partial charge in [-0.05, 0) is 83.9 Å². The molecule has 9 aromatic rings. The lowest BCUT2D eigenvalue weighted by Gasteiger charge is -2.26. The smallest absolute Gasteiger partial charge is 0.154 e. The van der Waals surface area contributed by atoms with E-state index in [0.29, 0.717) is 0 Å². The van der Waals surface area contributed by atoms with E-state index in [1.807, 2.05) is 34.8 Å². The molecule has 0 aliphatic carbocycles. The Kier molecular flexibility index (Phi) is 5.27. The number of furan rings is 1. The van der Waals surface area contributed by atoms with Crippen molar-refractivity contribution in [2.75, 3.05) is 4.90 Å². The van der Waals surface area contributed by atoms with Gasteiger partial charge in [-0.3, -0.25) is 0 Å². The molecule has 0 radical (unpaired) electrons. The summed E-state index contributed by atoms with van der Waals surface area (Å²) in [6.07, 6.45) is 0. The van der Waals surface area contributed by atoms with E-state index in [4.69, 9.17) is 4.42 Å². The maximum atomic E-state index is 6.26. The number of para-hydroxylation sites is 2. The standard InChI is InChI=1S/C38H23NOS2/c1-2-10-26(11-3-1)39(28-18-20-35-32(23-28)29-13-5-7-16-34(29)41-35)27-12-8-9-24(21-27)25-17-19-31-36(22-25)42-38-30-14-4-6-15-33(30)40-37(31)38/h1-23H. The summed E-state index contributed by atoms with van der Waals surface area (Å²) in [5, 5.41) is 4.97. The highest BCUT2D eigenvalue weighted by Gasteiger charge is 2.17. The molecule has 0 atom stereocenters. The average molecular weight is 574 g/mol. The van der Waals surface area contributed by atoms with Crippen LogP contribution in [-0.4, -0.2) is 0 Å². The molecular weight excluding hydrogens is 551 g/mol. The molecule has 0 bridgehead atoms. The molecule has 0 amide bonds. The summed E-state index contributed by atoms with van der Waals surface area (Å²) in [6, 6.07) is 50.1. The number of anilines is 3. The molecule has 6 aromatic carbocycles. The predicted molar refractivity (Wildman–Crippen MR) is 182 cm³/mol. The fourth-order valence-electron chi connectivity index (χ4n) is 6.09. The summed E-state index contributed by atoms with van der Waals surface area (Å²) < 4.78 is 11.3. The van der Waals surface area contributed by atoms with Crippen molar-refractivity contribution in [3.63, 3.8) is 0 Å². The monoisotopic (exact) mass is 573 g/mol. The molecule has 0 aliphatic rings. The van der Waals surface area contributed by atoms with Gasteiger partial charge in [0.05, 0.1) is 4.70 Å². The Morgan fingerprint density at radius 3 is 2.10 bits per heavy atom. The Hall–Kier alpha value is -4.90. The summed E-state index contributed by atoms with van der Waals surface area (Å²) >= 11 is 3.66. The summed E-state index contributed by atoms with van der Waals surface area (Å²) in [6.45, 7) is 0. The van der Waals surface area contributed by atoms with E-state index < -0.39 is 0 Å². The van der Waals surface area contributed by atoms with E-state index in [2.05, 4.69) is 132 Å². The average Bonchev–Trinajstić information content (AvgIpc) is 3.71. The van der Waals surface area contributed by atoms with Gasteiger partial charge in [-0.1, -0.05) is 66.7 Å². The SMILES string of the molecule is c1ccc(N(c2cccc(-c3ccc4c(c3)sc3c5ccccc5oc43)c2)c2ccc3sc4ccccc4c3c2)cc1. The Labute approximate surface area is 250 Å². The van der Waals surface area contributed by atoms with Gasteiger partial charge < -0.3 is 9.32 Å². The minimum Gasteiger partial charge on any atom is -0.454 e. The molecular formula is C38H23NOS2. The van der Waals surface area contributed by atoms with E-state index in [1.54, 1.807) is 0 Å². The lowest BCUT2D eigenvalue weighted by Crippen LogP contribution is -2.09. The second-order valence-electron chi connectivity index (χ2n) is 10.6. The summed E-state index contributed by atoms with van der Waals surface area (Å²) in [5.41, 5.74) is 7.74. The van der Waals surface area contributed by atoms with Crippen LogP contribution in [0.1, 0.15) is 0 Å². The van der Waals surface area contributed by atoms with Gasteiger partial charge in [0.15, 0.2) is 5.58 Å². The maximum absolute atomic E-state index is 6.26. The zero-order valence-electron chi connectivity index (χ0n) is 22.5. The molecule has 0 spiro atoms. The number of nitrogens with zero attached hydrogens (tertiary/aromatic N) is 1. The van der Waals surface area contributed by atoms with Crippen LogP contribution in [0.15, 0.2) is 144 Å². The highest BCUT2D eigenvalue weighted by Crippen LogP contribution is 2.44. The van der Waals surface area contributed by atoms with Gasteiger partial charge in [-0.2, -0.15) is 0 Å². The fraction of sp³-hybridized carbons (Fsp3) is 0. The second-order valence-corrected chi connectivity index (χ2v) is 12.7. The van der Waals surface area contributed by atoms with Gasteiger partial charge >= 0.3 is 0 Å². The minimum atomic E-state index is 0.951. The lowest BCUT2D eigenvalue weighted by atomic mass is 10.0. The first-order chi connectivity index (χ1) is 20.8. The number of rotatable bonds is 4. The Balaban J connectivity index is 1.18. The van der Waals surface area contributed by atoms with Crippen molar-refractivity contribution in [1.29, 1.82) is 0 Å². The van der Waals surface area contributed by atoms with Crippen LogP contribution < -0.4 is 4.90 Å². The van der Waals surface area contributed by atoms with Crippen molar-refractivity contribution in [2.45, 2.75) is 0 Å². The zero-order valence-corrected chi connectivity index (χ0v) is 24.1. The van der Waals surface area contributed by atoms with E-state index in [9.17, 15) is 0 Å². The third-order valence-corrected chi connectivity index (χ3v) is 10.4. The van der Waals surface area contributed by atoms with Crippen molar-refractivity contribution < 1.29 is 4.42 Å². The molecule has 0 N–H and O–H groups in total. The number of hydrogen-bond donors (Lipinski definition) is 0. The fourth-order valence-corrected chi connectivity index (χ4v) is 8.37. The van der Waals surface area contributed by atoms with Crippen molar-refractivity contribution in [2.24, 2.45) is 0 Å². The van der Waals surface area contributed by atoms with Crippen LogP contribution in [-0.2, 0) is 0 Å². The van der Waals surface area contributed by atoms with E-state index >= 15 is 0 Å². The molecule has 198 valence electrons. The molecule has 0 aliphatic heterocycles. The number of fused-ring (bicyclic) bond motifs is 8. The Morgan fingerprint density at radius 2 is 1.17 bits per heavy atom. The normalized spacial score (nSPS) is 11.8. The van der Waals surface area contributed by atoms with Gasteiger partial charge in [0.25, 0.3) is 0 Å².